The van der Waals surface area contributed by atoms with Crippen molar-refractivity contribution in [1.82, 2.24) is 4.90 Å². The van der Waals surface area contributed by atoms with E-state index in [1.54, 1.807) is 18.9 Å². The molecule has 2 heterocycles. The van der Waals surface area contributed by atoms with Gasteiger partial charge in [-0.25, -0.2) is 4.79 Å². The third-order valence-electron chi connectivity index (χ3n) is 5.07. The van der Waals surface area contributed by atoms with Crippen LogP contribution >= 0.6 is 0 Å². The number of aryl methyl sites for hydroxylation is 2. The van der Waals surface area contributed by atoms with E-state index >= 15 is 0 Å². The van der Waals surface area contributed by atoms with E-state index in [1.807, 2.05) is 26.0 Å². The van der Waals surface area contributed by atoms with E-state index in [0.717, 1.165) is 35.9 Å². The Hall–Kier alpha value is -2.34. The summed E-state index contributed by atoms with van der Waals surface area (Å²) in [5.74, 6) is 0.506. The van der Waals surface area contributed by atoms with Crippen molar-refractivity contribution in [2.75, 3.05) is 26.8 Å². The Morgan fingerprint density at radius 1 is 1.27 bits per heavy atom. The molecule has 0 radical (unpaired) electrons. The van der Waals surface area contributed by atoms with Gasteiger partial charge < -0.3 is 18.8 Å². The first-order chi connectivity index (χ1) is 12.4. The number of nitrogens with zero attached hydrogens (tertiary/aromatic N) is 1. The van der Waals surface area contributed by atoms with Crippen LogP contribution < -0.4 is 10.4 Å². The van der Waals surface area contributed by atoms with Crippen LogP contribution in [0.15, 0.2) is 21.3 Å². The molecule has 1 aliphatic rings. The molecule has 0 spiro atoms. The maximum Gasteiger partial charge on any atom is 0.339 e. The minimum Gasteiger partial charge on any atom is -0.483 e. The van der Waals surface area contributed by atoms with Gasteiger partial charge in [0.25, 0.3) is 5.91 Å². The highest BCUT2D eigenvalue weighted by atomic mass is 16.5. The number of likely N-dealkylation sites (tertiary alicyclic amines) is 1. The van der Waals surface area contributed by atoms with Crippen LogP contribution in [0.1, 0.15) is 29.5 Å². The molecular weight excluding hydrogens is 334 g/mol. The standard InChI is InChI=1S/C20H25NO5/c1-12-8-16(19-13(2)14(3)20(23)26-17(19)9-12)25-11-18(22)21-7-5-6-15(10-21)24-4/h8-9,15H,5-7,10-11H2,1-4H3. The Labute approximate surface area is 152 Å². The van der Waals surface area contributed by atoms with Crippen LogP contribution in [0.4, 0.5) is 0 Å². The summed E-state index contributed by atoms with van der Waals surface area (Å²) in [5.41, 5.74) is 2.41. The van der Waals surface area contributed by atoms with Gasteiger partial charge in [-0.15, -0.1) is 0 Å². The van der Waals surface area contributed by atoms with E-state index in [9.17, 15) is 9.59 Å². The summed E-state index contributed by atoms with van der Waals surface area (Å²) in [6.07, 6.45) is 1.99. The van der Waals surface area contributed by atoms with Crippen molar-refractivity contribution in [2.45, 2.75) is 39.7 Å². The molecule has 6 heteroatoms. The van der Waals surface area contributed by atoms with E-state index in [4.69, 9.17) is 13.9 Å². The van der Waals surface area contributed by atoms with Gasteiger partial charge >= 0.3 is 5.63 Å². The first-order valence-electron chi connectivity index (χ1n) is 8.88. The lowest BCUT2D eigenvalue weighted by Gasteiger charge is -2.31. The Balaban J connectivity index is 1.83. The molecule has 0 N–H and O–H groups in total. The topological polar surface area (TPSA) is 69.0 Å². The summed E-state index contributed by atoms with van der Waals surface area (Å²) >= 11 is 0. The van der Waals surface area contributed by atoms with Crippen molar-refractivity contribution in [2.24, 2.45) is 0 Å². The predicted molar refractivity (Wildman–Crippen MR) is 98.8 cm³/mol. The van der Waals surface area contributed by atoms with Crippen LogP contribution in [0, 0.1) is 20.8 Å². The number of ether oxygens (including phenoxy) is 2. The lowest BCUT2D eigenvalue weighted by Crippen LogP contribution is -2.44. The quantitative estimate of drug-likeness (QED) is 0.785. The molecule has 1 amide bonds. The molecule has 140 valence electrons. The number of hydrogen-bond acceptors (Lipinski definition) is 5. The van der Waals surface area contributed by atoms with E-state index in [-0.39, 0.29) is 24.2 Å². The number of fused-ring (bicyclic) bond motifs is 1. The molecule has 6 nitrogen and oxygen atoms in total. The highest BCUT2D eigenvalue weighted by Crippen LogP contribution is 2.31. The van der Waals surface area contributed by atoms with Crippen LogP contribution in [0.5, 0.6) is 5.75 Å². The fourth-order valence-electron chi connectivity index (χ4n) is 3.39. The fraction of sp³-hybridized carbons (Fsp3) is 0.500. The van der Waals surface area contributed by atoms with Gasteiger partial charge in [-0.3, -0.25) is 4.79 Å². The lowest BCUT2D eigenvalue weighted by atomic mass is 10.0. The van der Waals surface area contributed by atoms with Crippen LogP contribution in [0.25, 0.3) is 11.0 Å². The van der Waals surface area contributed by atoms with Crippen molar-refractivity contribution in [3.8, 4) is 5.75 Å². The van der Waals surface area contributed by atoms with Crippen molar-refractivity contribution in [3.63, 3.8) is 0 Å². The molecule has 1 aromatic heterocycles. The fourth-order valence-corrected chi connectivity index (χ4v) is 3.39. The summed E-state index contributed by atoms with van der Waals surface area (Å²) in [4.78, 5) is 26.2. The molecule has 1 aliphatic heterocycles. The van der Waals surface area contributed by atoms with Gasteiger partial charge in [0.2, 0.25) is 0 Å². The molecule has 26 heavy (non-hydrogen) atoms. The molecule has 1 unspecified atom stereocenters. The first kappa shape index (κ1) is 18.5. The SMILES string of the molecule is COC1CCCN(C(=O)COc2cc(C)cc3oc(=O)c(C)c(C)c23)C1. The van der Waals surface area contributed by atoms with E-state index in [2.05, 4.69) is 0 Å². The minimum atomic E-state index is -0.346. The summed E-state index contributed by atoms with van der Waals surface area (Å²) in [6.45, 7) is 6.77. The van der Waals surface area contributed by atoms with Crippen LogP contribution in [0.2, 0.25) is 0 Å². The molecule has 3 rings (SSSR count). The molecular formula is C20H25NO5. The molecule has 1 atom stereocenters. The van der Waals surface area contributed by atoms with Crippen molar-refractivity contribution in [1.29, 1.82) is 0 Å². The third-order valence-corrected chi connectivity index (χ3v) is 5.07. The molecule has 0 aliphatic carbocycles. The van der Waals surface area contributed by atoms with Gasteiger partial charge in [-0.05, 0) is 56.9 Å². The second-order valence-corrected chi connectivity index (χ2v) is 6.90. The highest BCUT2D eigenvalue weighted by Gasteiger charge is 2.24. The predicted octanol–water partition coefficient (Wildman–Crippen LogP) is 2.73. The molecule has 2 aromatic rings. The number of hydrogen-bond donors (Lipinski definition) is 0. The lowest BCUT2D eigenvalue weighted by molar-refractivity contribution is -0.136. The first-order valence-corrected chi connectivity index (χ1v) is 8.88. The molecule has 1 fully saturated rings. The number of carbonyl (C=O) groups is 1. The van der Waals surface area contributed by atoms with Crippen LogP contribution in [-0.2, 0) is 9.53 Å². The van der Waals surface area contributed by atoms with Gasteiger partial charge in [0.05, 0.1) is 11.5 Å². The summed E-state index contributed by atoms with van der Waals surface area (Å²) in [7, 11) is 1.67. The van der Waals surface area contributed by atoms with Crippen molar-refractivity contribution in [3.05, 3.63) is 39.2 Å². The maximum atomic E-state index is 12.5. The van der Waals surface area contributed by atoms with Gasteiger partial charge in [-0.2, -0.15) is 0 Å². The number of piperidine rings is 1. The van der Waals surface area contributed by atoms with E-state index in [0.29, 0.717) is 23.4 Å². The smallest absolute Gasteiger partial charge is 0.339 e. The Kier molecular flexibility index (Phi) is 5.32. The normalized spacial score (nSPS) is 17.5. The number of benzene rings is 1. The summed E-state index contributed by atoms with van der Waals surface area (Å²) < 4.78 is 16.6. The summed E-state index contributed by atoms with van der Waals surface area (Å²) in [5, 5.41) is 0.744. The van der Waals surface area contributed by atoms with Gasteiger partial charge in [0, 0.05) is 25.8 Å². The number of methoxy groups -OCH3 is 1. The second-order valence-electron chi connectivity index (χ2n) is 6.90. The van der Waals surface area contributed by atoms with Crippen molar-refractivity contribution >= 4 is 16.9 Å². The molecule has 1 saturated heterocycles. The van der Waals surface area contributed by atoms with E-state index < -0.39 is 0 Å². The summed E-state index contributed by atoms with van der Waals surface area (Å²) in [6, 6.07) is 3.68. The zero-order valence-corrected chi connectivity index (χ0v) is 15.8. The Bertz CT molecular complexity index is 886. The zero-order chi connectivity index (χ0) is 18.8. The molecule has 1 aromatic carbocycles. The second kappa shape index (κ2) is 7.50. The number of carbonyl (C=O) groups excluding carboxylic acids is 1. The Morgan fingerprint density at radius 3 is 2.77 bits per heavy atom. The maximum absolute atomic E-state index is 12.5. The largest absolute Gasteiger partial charge is 0.483 e. The number of rotatable bonds is 4. The van der Waals surface area contributed by atoms with Crippen LogP contribution in [-0.4, -0.2) is 43.7 Å². The van der Waals surface area contributed by atoms with Crippen molar-refractivity contribution < 1.29 is 18.7 Å². The molecule has 0 saturated carbocycles. The zero-order valence-electron chi connectivity index (χ0n) is 15.8. The minimum absolute atomic E-state index is 0.0490. The average Bonchev–Trinajstić information content (AvgIpc) is 2.63. The molecule has 0 bridgehead atoms. The monoisotopic (exact) mass is 359 g/mol. The van der Waals surface area contributed by atoms with E-state index in [1.165, 1.54) is 0 Å². The van der Waals surface area contributed by atoms with Gasteiger partial charge in [-0.1, -0.05) is 0 Å². The van der Waals surface area contributed by atoms with Gasteiger partial charge in [0.15, 0.2) is 6.61 Å². The third kappa shape index (κ3) is 3.60. The van der Waals surface area contributed by atoms with Crippen LogP contribution in [0.3, 0.4) is 0 Å². The average molecular weight is 359 g/mol. The Morgan fingerprint density at radius 2 is 2.04 bits per heavy atom. The van der Waals surface area contributed by atoms with Gasteiger partial charge in [0.1, 0.15) is 11.3 Å². The highest BCUT2D eigenvalue weighted by molar-refractivity contribution is 5.88. The number of amides is 1.